The zero-order chi connectivity index (χ0) is 21.4. The second-order valence-corrected chi connectivity index (χ2v) is 8.53. The molecule has 2 aromatic rings. The van der Waals surface area contributed by atoms with Gasteiger partial charge in [-0.25, -0.2) is 0 Å². The minimum absolute atomic E-state index is 0.0991. The van der Waals surface area contributed by atoms with Crippen LogP contribution in [0, 0.1) is 5.92 Å². The van der Waals surface area contributed by atoms with Gasteiger partial charge in [-0.2, -0.15) is 0 Å². The standard InChI is InChI=1S/C23H29BrN2O3/c1-16(2)13-14-29-21-11-8-18(24)15-20(21)23(28)25-19-9-5-17(6-10-19)7-12-22(27)26(3)4/h5-6,8-11,15-16H,7,12-14H2,1-4H3,(H,25,28). The first-order valence-corrected chi connectivity index (χ1v) is 10.6. The van der Waals surface area contributed by atoms with Gasteiger partial charge in [0.15, 0.2) is 0 Å². The lowest BCUT2D eigenvalue weighted by Gasteiger charge is -2.13. The van der Waals surface area contributed by atoms with Gasteiger partial charge in [-0.05, 0) is 54.7 Å². The second-order valence-electron chi connectivity index (χ2n) is 7.61. The van der Waals surface area contributed by atoms with Crippen LogP contribution in [0.3, 0.4) is 0 Å². The highest BCUT2D eigenvalue weighted by Gasteiger charge is 2.14. The van der Waals surface area contributed by atoms with E-state index in [2.05, 4.69) is 35.1 Å². The van der Waals surface area contributed by atoms with Gasteiger partial charge in [0.25, 0.3) is 5.91 Å². The van der Waals surface area contributed by atoms with E-state index in [0.29, 0.717) is 42.4 Å². The van der Waals surface area contributed by atoms with Crippen LogP contribution in [0.2, 0.25) is 0 Å². The summed E-state index contributed by atoms with van der Waals surface area (Å²) in [5.74, 6) is 0.989. The molecule has 0 aliphatic carbocycles. The number of nitrogens with zero attached hydrogens (tertiary/aromatic N) is 1. The summed E-state index contributed by atoms with van der Waals surface area (Å²) < 4.78 is 6.66. The van der Waals surface area contributed by atoms with Crippen LogP contribution in [0.15, 0.2) is 46.9 Å². The van der Waals surface area contributed by atoms with Gasteiger partial charge in [-0.3, -0.25) is 9.59 Å². The van der Waals surface area contributed by atoms with Crippen LogP contribution in [0.1, 0.15) is 42.6 Å². The van der Waals surface area contributed by atoms with E-state index in [1.165, 1.54) is 0 Å². The van der Waals surface area contributed by atoms with Crippen LogP contribution in [0.25, 0.3) is 0 Å². The number of carbonyl (C=O) groups is 2. The highest BCUT2D eigenvalue weighted by atomic mass is 79.9. The molecule has 0 saturated carbocycles. The molecule has 0 aliphatic heterocycles. The lowest BCUT2D eigenvalue weighted by atomic mass is 10.1. The van der Waals surface area contributed by atoms with Crippen LogP contribution < -0.4 is 10.1 Å². The molecule has 0 heterocycles. The van der Waals surface area contributed by atoms with E-state index >= 15 is 0 Å². The first kappa shape index (κ1) is 22.9. The maximum Gasteiger partial charge on any atom is 0.259 e. The molecule has 1 N–H and O–H groups in total. The topological polar surface area (TPSA) is 58.6 Å². The number of ether oxygens (including phenoxy) is 1. The number of hydrogen-bond donors (Lipinski definition) is 1. The Morgan fingerprint density at radius 3 is 2.41 bits per heavy atom. The molecule has 0 bridgehead atoms. The summed E-state index contributed by atoms with van der Waals surface area (Å²) in [5, 5.41) is 2.92. The minimum Gasteiger partial charge on any atom is -0.493 e. The molecule has 5 nitrogen and oxygen atoms in total. The average molecular weight is 461 g/mol. The van der Waals surface area contributed by atoms with E-state index < -0.39 is 0 Å². The number of rotatable bonds is 9. The second kappa shape index (κ2) is 11.0. The minimum atomic E-state index is -0.221. The maximum absolute atomic E-state index is 12.8. The molecule has 0 fully saturated rings. The highest BCUT2D eigenvalue weighted by molar-refractivity contribution is 9.10. The van der Waals surface area contributed by atoms with Gasteiger partial charge in [-0.15, -0.1) is 0 Å². The molecule has 0 spiro atoms. The largest absolute Gasteiger partial charge is 0.493 e. The molecule has 156 valence electrons. The Balaban J connectivity index is 2.02. The van der Waals surface area contributed by atoms with Gasteiger partial charge in [-0.1, -0.05) is 41.9 Å². The number of anilines is 1. The fourth-order valence-corrected chi connectivity index (χ4v) is 3.00. The third-order valence-corrected chi connectivity index (χ3v) is 4.97. The van der Waals surface area contributed by atoms with Crippen molar-refractivity contribution in [1.29, 1.82) is 0 Å². The third kappa shape index (κ3) is 7.54. The fraction of sp³-hybridized carbons (Fsp3) is 0.391. The molecule has 0 unspecified atom stereocenters. The van der Waals surface area contributed by atoms with Crippen molar-refractivity contribution >= 4 is 33.4 Å². The molecule has 0 aromatic heterocycles. The fourth-order valence-electron chi connectivity index (χ4n) is 2.64. The molecule has 2 amide bonds. The molecule has 29 heavy (non-hydrogen) atoms. The molecule has 6 heteroatoms. The molecule has 2 rings (SSSR count). The van der Waals surface area contributed by atoms with Crippen LogP contribution >= 0.6 is 15.9 Å². The number of hydrogen-bond acceptors (Lipinski definition) is 3. The van der Waals surface area contributed by atoms with Gasteiger partial charge in [0.1, 0.15) is 5.75 Å². The van der Waals surface area contributed by atoms with Crippen molar-refractivity contribution in [3.05, 3.63) is 58.1 Å². The van der Waals surface area contributed by atoms with Crippen molar-refractivity contribution in [2.75, 3.05) is 26.0 Å². The quantitative estimate of drug-likeness (QED) is 0.562. The monoisotopic (exact) mass is 460 g/mol. The van der Waals surface area contributed by atoms with Gasteiger partial charge in [0.2, 0.25) is 5.91 Å². The molecule has 2 aromatic carbocycles. The predicted octanol–water partition coefficient (Wildman–Crippen LogP) is 5.15. The number of aryl methyl sites for hydroxylation is 1. The smallest absolute Gasteiger partial charge is 0.259 e. The molecular weight excluding hydrogens is 432 g/mol. The number of carbonyl (C=O) groups excluding carboxylic acids is 2. The number of nitrogens with one attached hydrogen (secondary N) is 1. The number of halogens is 1. The van der Waals surface area contributed by atoms with Crippen molar-refractivity contribution < 1.29 is 14.3 Å². The van der Waals surface area contributed by atoms with Crippen LogP contribution in [-0.2, 0) is 11.2 Å². The Morgan fingerprint density at radius 1 is 1.10 bits per heavy atom. The number of benzene rings is 2. The Hall–Kier alpha value is -2.34. The van der Waals surface area contributed by atoms with E-state index in [0.717, 1.165) is 16.5 Å². The summed E-state index contributed by atoms with van der Waals surface area (Å²) >= 11 is 3.42. The number of amides is 2. The molecular formula is C23H29BrN2O3. The predicted molar refractivity (Wildman–Crippen MR) is 121 cm³/mol. The third-order valence-electron chi connectivity index (χ3n) is 4.48. The summed E-state index contributed by atoms with van der Waals surface area (Å²) in [5.41, 5.74) is 2.24. The summed E-state index contributed by atoms with van der Waals surface area (Å²) in [6.07, 6.45) is 2.06. The zero-order valence-electron chi connectivity index (χ0n) is 17.5. The van der Waals surface area contributed by atoms with E-state index in [1.54, 1.807) is 25.1 Å². The van der Waals surface area contributed by atoms with Gasteiger partial charge in [0, 0.05) is 30.7 Å². The summed E-state index contributed by atoms with van der Waals surface area (Å²) in [7, 11) is 3.51. The first-order valence-electron chi connectivity index (χ1n) is 9.79. The Kier molecular flexibility index (Phi) is 8.70. The molecule has 0 aliphatic rings. The Morgan fingerprint density at radius 2 is 1.79 bits per heavy atom. The van der Waals surface area contributed by atoms with E-state index in [1.807, 2.05) is 36.4 Å². The van der Waals surface area contributed by atoms with E-state index in [-0.39, 0.29) is 11.8 Å². The lowest BCUT2D eigenvalue weighted by Crippen LogP contribution is -2.21. The summed E-state index contributed by atoms with van der Waals surface area (Å²) in [6, 6.07) is 13.0. The first-order chi connectivity index (χ1) is 13.8. The zero-order valence-corrected chi connectivity index (χ0v) is 19.1. The van der Waals surface area contributed by atoms with Crippen molar-refractivity contribution in [2.24, 2.45) is 5.92 Å². The summed E-state index contributed by atoms with van der Waals surface area (Å²) in [6.45, 7) is 4.84. The van der Waals surface area contributed by atoms with Crippen LogP contribution in [-0.4, -0.2) is 37.4 Å². The molecule has 0 atom stereocenters. The lowest BCUT2D eigenvalue weighted by molar-refractivity contribution is -0.128. The van der Waals surface area contributed by atoms with Gasteiger partial charge in [0.05, 0.1) is 12.2 Å². The maximum atomic E-state index is 12.8. The normalized spacial score (nSPS) is 10.7. The average Bonchev–Trinajstić information content (AvgIpc) is 2.67. The van der Waals surface area contributed by atoms with Crippen molar-refractivity contribution in [3.8, 4) is 5.75 Å². The van der Waals surface area contributed by atoms with Crippen molar-refractivity contribution in [2.45, 2.75) is 33.1 Å². The van der Waals surface area contributed by atoms with Crippen molar-refractivity contribution in [1.82, 2.24) is 4.90 Å². The van der Waals surface area contributed by atoms with Crippen molar-refractivity contribution in [3.63, 3.8) is 0 Å². The van der Waals surface area contributed by atoms with Gasteiger partial charge >= 0.3 is 0 Å². The Bertz CT molecular complexity index is 833. The van der Waals surface area contributed by atoms with Gasteiger partial charge < -0.3 is 15.0 Å². The van der Waals surface area contributed by atoms with E-state index in [4.69, 9.17) is 4.74 Å². The van der Waals surface area contributed by atoms with E-state index in [9.17, 15) is 9.59 Å². The van der Waals surface area contributed by atoms with Crippen LogP contribution in [0.4, 0.5) is 5.69 Å². The summed E-state index contributed by atoms with van der Waals surface area (Å²) in [4.78, 5) is 26.1. The molecule has 0 radical (unpaired) electrons. The van der Waals surface area contributed by atoms with Crippen LogP contribution in [0.5, 0.6) is 5.75 Å². The highest BCUT2D eigenvalue weighted by Crippen LogP contribution is 2.25. The molecule has 0 saturated heterocycles. The Labute approximate surface area is 181 Å². The SMILES string of the molecule is CC(C)CCOc1ccc(Br)cc1C(=O)Nc1ccc(CCC(=O)N(C)C)cc1.